The van der Waals surface area contributed by atoms with Crippen LogP contribution >= 0.6 is 11.8 Å². The first-order valence-electron chi connectivity index (χ1n) is 7.62. The highest BCUT2D eigenvalue weighted by atomic mass is 32.2. The molecule has 0 unspecified atom stereocenters. The summed E-state index contributed by atoms with van der Waals surface area (Å²) in [5, 5.41) is 21.9. The number of nitro groups is 1. The summed E-state index contributed by atoms with van der Waals surface area (Å²) in [6.07, 6.45) is 3.31. The van der Waals surface area contributed by atoms with E-state index in [2.05, 4.69) is 20.5 Å². The summed E-state index contributed by atoms with van der Waals surface area (Å²) < 4.78 is 15.1. The first kappa shape index (κ1) is 18.5. The van der Waals surface area contributed by atoms with Crippen molar-refractivity contribution in [3.63, 3.8) is 0 Å². The summed E-state index contributed by atoms with van der Waals surface area (Å²) in [5.74, 6) is -0.758. The largest absolute Gasteiger partial charge is 0.325 e. The minimum Gasteiger partial charge on any atom is -0.325 e. The molecular weight excluding hydrogens is 375 g/mol. The van der Waals surface area contributed by atoms with Crippen molar-refractivity contribution in [2.75, 3.05) is 11.1 Å². The zero-order chi connectivity index (χ0) is 19.4. The average molecular weight is 388 g/mol. The molecule has 0 radical (unpaired) electrons. The van der Waals surface area contributed by atoms with Gasteiger partial charge in [0.2, 0.25) is 11.7 Å². The number of carbonyl (C=O) groups is 1. The van der Waals surface area contributed by atoms with Crippen LogP contribution in [0.5, 0.6) is 0 Å². The van der Waals surface area contributed by atoms with E-state index in [0.717, 1.165) is 29.5 Å². The molecule has 1 aromatic carbocycles. The maximum Gasteiger partial charge on any atom is 0.306 e. The van der Waals surface area contributed by atoms with Crippen molar-refractivity contribution < 1.29 is 14.1 Å². The van der Waals surface area contributed by atoms with Gasteiger partial charge >= 0.3 is 5.69 Å². The molecule has 1 N–H and O–H groups in total. The second-order valence-corrected chi connectivity index (χ2v) is 6.31. The minimum atomic E-state index is -0.964. The van der Waals surface area contributed by atoms with Gasteiger partial charge in [-0.15, -0.1) is 10.2 Å². The van der Waals surface area contributed by atoms with Crippen LogP contribution in [0.15, 0.2) is 47.9 Å². The van der Waals surface area contributed by atoms with E-state index >= 15 is 0 Å². The van der Waals surface area contributed by atoms with Gasteiger partial charge in [-0.05, 0) is 24.3 Å². The van der Waals surface area contributed by atoms with Crippen LogP contribution in [0.1, 0.15) is 0 Å². The zero-order valence-electron chi connectivity index (χ0n) is 14.0. The quantitative estimate of drug-likeness (QED) is 0.392. The molecule has 0 aliphatic rings. The molecule has 0 atom stereocenters. The molecule has 3 rings (SSSR count). The van der Waals surface area contributed by atoms with E-state index in [1.165, 1.54) is 6.07 Å². The number of aromatic nitrogens is 4. The lowest BCUT2D eigenvalue weighted by Gasteiger charge is -2.06. The highest BCUT2D eigenvalue weighted by Crippen LogP contribution is 2.24. The van der Waals surface area contributed by atoms with E-state index in [1.807, 2.05) is 6.07 Å². The van der Waals surface area contributed by atoms with Gasteiger partial charge in [0.15, 0.2) is 11.0 Å². The molecule has 138 valence electrons. The van der Waals surface area contributed by atoms with Crippen LogP contribution in [0.4, 0.5) is 15.8 Å². The SMILES string of the molecule is Cn1c(SCC(=O)Nc2ccc(F)c([N+](=O)[O-])c2)nnc1-c1cccnc1. The first-order valence-corrected chi connectivity index (χ1v) is 8.60. The minimum absolute atomic E-state index is 0.00415. The Morgan fingerprint density at radius 3 is 2.89 bits per heavy atom. The molecule has 0 aliphatic heterocycles. The molecule has 0 aliphatic carbocycles. The molecule has 0 saturated carbocycles. The Morgan fingerprint density at radius 1 is 1.37 bits per heavy atom. The molecule has 1 amide bonds. The number of hydrogen-bond donors (Lipinski definition) is 1. The van der Waals surface area contributed by atoms with E-state index in [-0.39, 0.29) is 11.4 Å². The van der Waals surface area contributed by atoms with Crippen LogP contribution < -0.4 is 5.32 Å². The number of pyridine rings is 1. The van der Waals surface area contributed by atoms with Crippen molar-refractivity contribution in [2.45, 2.75) is 5.16 Å². The van der Waals surface area contributed by atoms with E-state index < -0.39 is 22.3 Å². The fourth-order valence-electron chi connectivity index (χ4n) is 2.24. The monoisotopic (exact) mass is 388 g/mol. The third-order valence-electron chi connectivity index (χ3n) is 3.51. The van der Waals surface area contributed by atoms with Crippen LogP contribution in [0.25, 0.3) is 11.4 Å². The predicted molar refractivity (Wildman–Crippen MR) is 96.6 cm³/mol. The molecule has 2 aromatic heterocycles. The number of amides is 1. The number of anilines is 1. The van der Waals surface area contributed by atoms with E-state index in [1.54, 1.807) is 30.1 Å². The number of benzene rings is 1. The van der Waals surface area contributed by atoms with Gasteiger partial charge in [0.25, 0.3) is 0 Å². The van der Waals surface area contributed by atoms with Gasteiger partial charge in [-0.1, -0.05) is 11.8 Å². The average Bonchev–Trinajstić information content (AvgIpc) is 3.02. The number of rotatable bonds is 6. The number of hydrogen-bond acceptors (Lipinski definition) is 7. The maximum atomic E-state index is 13.3. The lowest BCUT2D eigenvalue weighted by molar-refractivity contribution is -0.387. The Hall–Kier alpha value is -3.34. The summed E-state index contributed by atoms with van der Waals surface area (Å²) in [6.45, 7) is 0. The second kappa shape index (κ2) is 7.91. The number of nitrogens with one attached hydrogen (secondary N) is 1. The van der Waals surface area contributed by atoms with Crippen molar-refractivity contribution in [2.24, 2.45) is 7.05 Å². The molecule has 0 bridgehead atoms. The van der Waals surface area contributed by atoms with Gasteiger partial charge in [0, 0.05) is 36.8 Å². The third-order valence-corrected chi connectivity index (χ3v) is 4.53. The van der Waals surface area contributed by atoms with Crippen LogP contribution in [-0.2, 0) is 11.8 Å². The summed E-state index contributed by atoms with van der Waals surface area (Å²) in [6, 6.07) is 6.80. The number of nitro benzene ring substituents is 1. The summed E-state index contributed by atoms with van der Waals surface area (Å²) in [4.78, 5) is 26.0. The van der Waals surface area contributed by atoms with Crippen molar-refractivity contribution in [1.82, 2.24) is 19.7 Å². The number of carbonyl (C=O) groups excluding carboxylic acids is 1. The van der Waals surface area contributed by atoms with Gasteiger partial charge in [0.1, 0.15) is 0 Å². The molecule has 9 nitrogen and oxygen atoms in total. The predicted octanol–water partition coefficient (Wildman–Crippen LogP) is 2.66. The molecule has 0 saturated heterocycles. The molecular formula is C16H13FN6O3S. The van der Waals surface area contributed by atoms with Crippen LogP contribution in [0.3, 0.4) is 0 Å². The Kier molecular flexibility index (Phi) is 5.41. The Balaban J connectivity index is 1.64. The molecule has 0 spiro atoms. The molecule has 2 heterocycles. The third kappa shape index (κ3) is 4.26. The molecule has 11 heteroatoms. The Labute approximate surface area is 156 Å². The lowest BCUT2D eigenvalue weighted by Crippen LogP contribution is -2.14. The summed E-state index contributed by atoms with van der Waals surface area (Å²) in [7, 11) is 1.77. The first-order chi connectivity index (χ1) is 13.0. The van der Waals surface area contributed by atoms with Crippen LogP contribution in [-0.4, -0.2) is 36.3 Å². The Bertz CT molecular complexity index is 995. The molecule has 3 aromatic rings. The fraction of sp³-hybridized carbons (Fsp3) is 0.125. The normalized spacial score (nSPS) is 10.6. The number of nitrogens with zero attached hydrogens (tertiary/aromatic N) is 5. The van der Waals surface area contributed by atoms with Gasteiger partial charge < -0.3 is 9.88 Å². The smallest absolute Gasteiger partial charge is 0.306 e. The fourth-order valence-corrected chi connectivity index (χ4v) is 2.96. The van der Waals surface area contributed by atoms with Crippen molar-refractivity contribution in [3.05, 3.63) is 58.7 Å². The van der Waals surface area contributed by atoms with E-state index in [9.17, 15) is 19.3 Å². The van der Waals surface area contributed by atoms with Crippen LogP contribution in [0, 0.1) is 15.9 Å². The van der Waals surface area contributed by atoms with Crippen molar-refractivity contribution in [1.29, 1.82) is 0 Å². The molecule has 27 heavy (non-hydrogen) atoms. The summed E-state index contributed by atoms with van der Waals surface area (Å²) in [5.41, 5.74) is 0.236. The van der Waals surface area contributed by atoms with E-state index in [0.29, 0.717) is 11.0 Å². The number of halogens is 1. The summed E-state index contributed by atoms with van der Waals surface area (Å²) >= 11 is 1.15. The van der Waals surface area contributed by atoms with Crippen molar-refractivity contribution in [3.8, 4) is 11.4 Å². The second-order valence-electron chi connectivity index (χ2n) is 5.37. The Morgan fingerprint density at radius 2 is 2.19 bits per heavy atom. The highest BCUT2D eigenvalue weighted by Gasteiger charge is 2.16. The molecule has 0 fully saturated rings. The van der Waals surface area contributed by atoms with Crippen LogP contribution in [0.2, 0.25) is 0 Å². The van der Waals surface area contributed by atoms with Gasteiger partial charge in [0.05, 0.1) is 10.7 Å². The van der Waals surface area contributed by atoms with E-state index in [4.69, 9.17) is 0 Å². The van der Waals surface area contributed by atoms with Crippen molar-refractivity contribution >= 4 is 29.0 Å². The topological polar surface area (TPSA) is 116 Å². The zero-order valence-corrected chi connectivity index (χ0v) is 14.8. The van der Waals surface area contributed by atoms with Gasteiger partial charge in [-0.3, -0.25) is 19.9 Å². The standard InChI is InChI=1S/C16H13FN6O3S/c1-22-15(10-3-2-6-18-8-10)20-21-16(22)27-9-14(24)19-11-4-5-12(17)13(7-11)23(25)26/h2-8H,9H2,1H3,(H,19,24). The number of thioether (sulfide) groups is 1. The highest BCUT2D eigenvalue weighted by molar-refractivity contribution is 7.99. The maximum absolute atomic E-state index is 13.3. The van der Waals surface area contributed by atoms with Gasteiger partial charge in [-0.2, -0.15) is 4.39 Å². The van der Waals surface area contributed by atoms with Gasteiger partial charge in [-0.25, -0.2) is 0 Å². The lowest BCUT2D eigenvalue weighted by atomic mass is 10.2.